The molecule has 0 aliphatic heterocycles. The van der Waals surface area contributed by atoms with Gasteiger partial charge in [0.1, 0.15) is 23.0 Å². The van der Waals surface area contributed by atoms with Crippen LogP contribution < -0.4 is 14.8 Å². The first-order chi connectivity index (χ1) is 21.7. The van der Waals surface area contributed by atoms with Gasteiger partial charge in [0.25, 0.3) is 0 Å². The lowest BCUT2D eigenvalue weighted by Gasteiger charge is -2.19. The predicted octanol–water partition coefficient (Wildman–Crippen LogP) is 7.82. The zero-order valence-electron chi connectivity index (χ0n) is 25.0. The summed E-state index contributed by atoms with van der Waals surface area (Å²) in [7, 11) is 0. The Labute approximate surface area is 260 Å². The lowest BCUT2D eigenvalue weighted by Crippen LogP contribution is -2.27. The summed E-state index contributed by atoms with van der Waals surface area (Å²) in [6.07, 6.45) is -3.94. The van der Waals surface area contributed by atoms with Crippen molar-refractivity contribution in [3.63, 3.8) is 0 Å². The number of hydrogen-bond acceptors (Lipinski definition) is 8. The van der Waals surface area contributed by atoms with Crippen LogP contribution in [0.25, 0.3) is 28.0 Å². The number of rotatable bonds is 8. The molecule has 0 unspecified atom stereocenters. The summed E-state index contributed by atoms with van der Waals surface area (Å²) in [6.45, 7) is 5.21. The van der Waals surface area contributed by atoms with E-state index < -0.39 is 36.2 Å². The van der Waals surface area contributed by atoms with E-state index in [0.29, 0.717) is 23.2 Å². The summed E-state index contributed by atoms with van der Waals surface area (Å²) >= 11 is 0. The third-order valence-corrected chi connectivity index (χ3v) is 6.29. The second-order valence-electron chi connectivity index (χ2n) is 11.0. The normalized spacial score (nSPS) is 11.7. The fourth-order valence-electron chi connectivity index (χ4n) is 4.55. The number of pyridine rings is 1. The number of hydrogen-bond donors (Lipinski definition) is 1. The van der Waals surface area contributed by atoms with Crippen molar-refractivity contribution in [2.45, 2.75) is 39.5 Å². The van der Waals surface area contributed by atoms with Crippen LogP contribution in [0.3, 0.4) is 0 Å². The Hall–Kier alpha value is -5.53. The van der Waals surface area contributed by atoms with Gasteiger partial charge in [0, 0.05) is 29.2 Å². The first kappa shape index (κ1) is 31.9. The number of aldehydes is 1. The second-order valence-corrected chi connectivity index (χ2v) is 11.0. The summed E-state index contributed by atoms with van der Waals surface area (Å²) in [6, 6.07) is 15.0. The van der Waals surface area contributed by atoms with Gasteiger partial charge in [0.15, 0.2) is 24.5 Å². The molecule has 238 valence electrons. The minimum absolute atomic E-state index is 0.0215. The molecule has 2 aromatic carbocycles. The van der Waals surface area contributed by atoms with Crippen LogP contribution in [0, 0.1) is 12.7 Å². The van der Waals surface area contributed by atoms with Crippen LogP contribution in [-0.4, -0.2) is 50.3 Å². The smallest absolute Gasteiger partial charge is 0.422 e. The van der Waals surface area contributed by atoms with Crippen molar-refractivity contribution in [1.29, 1.82) is 0 Å². The minimum atomic E-state index is -4.70. The number of nitrogens with one attached hydrogen (secondary N) is 1. The van der Waals surface area contributed by atoms with Gasteiger partial charge in [-0.1, -0.05) is 18.2 Å². The second kappa shape index (κ2) is 12.5. The lowest BCUT2D eigenvalue weighted by atomic mass is 10.1. The SMILES string of the molecule is Cc1cccc(Oc2ccc(-n3c(-c4ccc(NC(=O)OC(C)(C)C)cc4)c(C=O)c4ncnc(OCC(F)(F)F)c43)cc2F)n1. The van der Waals surface area contributed by atoms with Crippen molar-refractivity contribution < 1.29 is 41.4 Å². The first-order valence-corrected chi connectivity index (χ1v) is 13.8. The Bertz CT molecular complexity index is 1920. The molecule has 0 atom stereocenters. The monoisotopic (exact) mass is 637 g/mol. The maximum Gasteiger partial charge on any atom is 0.422 e. The average molecular weight is 638 g/mol. The van der Waals surface area contributed by atoms with Crippen molar-refractivity contribution in [2.24, 2.45) is 0 Å². The number of halogens is 4. The number of carbonyl (C=O) groups excluding carboxylic acids is 2. The number of amides is 1. The molecule has 0 spiro atoms. The zero-order chi connectivity index (χ0) is 33.2. The Balaban J connectivity index is 1.65. The summed E-state index contributed by atoms with van der Waals surface area (Å²) in [5.74, 6) is -1.33. The molecule has 3 heterocycles. The molecule has 46 heavy (non-hydrogen) atoms. The van der Waals surface area contributed by atoms with E-state index >= 15 is 4.39 Å². The van der Waals surface area contributed by atoms with Gasteiger partial charge in [0.05, 0.1) is 11.3 Å². The highest BCUT2D eigenvalue weighted by Gasteiger charge is 2.31. The number of anilines is 1. The van der Waals surface area contributed by atoms with Gasteiger partial charge in [-0.15, -0.1) is 0 Å². The van der Waals surface area contributed by atoms with Crippen molar-refractivity contribution in [3.8, 4) is 34.5 Å². The number of ether oxygens (including phenoxy) is 3. The first-order valence-electron chi connectivity index (χ1n) is 13.8. The van der Waals surface area contributed by atoms with Crippen LogP contribution >= 0.6 is 0 Å². The predicted molar refractivity (Wildman–Crippen MR) is 160 cm³/mol. The van der Waals surface area contributed by atoms with Crippen LogP contribution in [0.1, 0.15) is 36.8 Å². The Morgan fingerprint density at radius 2 is 1.76 bits per heavy atom. The van der Waals surface area contributed by atoms with Gasteiger partial charge in [-0.2, -0.15) is 18.2 Å². The molecule has 1 amide bonds. The molecule has 5 rings (SSSR count). The van der Waals surface area contributed by atoms with Gasteiger partial charge in [-0.25, -0.2) is 19.2 Å². The zero-order valence-corrected chi connectivity index (χ0v) is 25.0. The largest absolute Gasteiger partial charge is 0.466 e. The molecule has 0 aliphatic carbocycles. The van der Waals surface area contributed by atoms with Crippen LogP contribution in [0.5, 0.6) is 17.5 Å². The number of aryl methyl sites for hydroxylation is 1. The number of fused-ring (bicyclic) bond motifs is 1. The summed E-state index contributed by atoms with van der Waals surface area (Å²) in [5.41, 5.74) is 0.748. The van der Waals surface area contributed by atoms with Gasteiger partial charge >= 0.3 is 12.3 Å². The van der Waals surface area contributed by atoms with Crippen molar-refractivity contribution in [3.05, 3.63) is 84.1 Å². The molecular formula is C32H27F4N5O5. The molecule has 0 saturated heterocycles. The summed E-state index contributed by atoms with van der Waals surface area (Å²) < 4.78 is 72.3. The maximum absolute atomic E-state index is 15.5. The molecule has 0 bridgehead atoms. The topological polar surface area (TPSA) is 117 Å². The van der Waals surface area contributed by atoms with E-state index in [-0.39, 0.29) is 39.6 Å². The third-order valence-electron chi connectivity index (χ3n) is 6.29. The molecule has 14 heteroatoms. The van der Waals surface area contributed by atoms with Crippen LogP contribution in [-0.2, 0) is 4.74 Å². The number of nitrogens with zero attached hydrogens (tertiary/aromatic N) is 4. The number of benzene rings is 2. The molecule has 0 fully saturated rings. The highest BCUT2D eigenvalue weighted by atomic mass is 19.4. The number of aromatic nitrogens is 4. The molecule has 0 aliphatic rings. The Kier molecular flexibility index (Phi) is 8.64. The molecule has 0 radical (unpaired) electrons. The van der Waals surface area contributed by atoms with E-state index in [4.69, 9.17) is 14.2 Å². The highest BCUT2D eigenvalue weighted by Crippen LogP contribution is 2.39. The van der Waals surface area contributed by atoms with E-state index in [9.17, 15) is 22.8 Å². The molecule has 0 saturated carbocycles. The quantitative estimate of drug-likeness (QED) is 0.135. The van der Waals surface area contributed by atoms with Crippen molar-refractivity contribution in [1.82, 2.24) is 19.5 Å². The fraction of sp³-hybridized carbons (Fsp3) is 0.219. The minimum Gasteiger partial charge on any atom is -0.466 e. The molecule has 5 aromatic rings. The van der Waals surface area contributed by atoms with Crippen molar-refractivity contribution in [2.75, 3.05) is 11.9 Å². The maximum atomic E-state index is 15.5. The summed E-state index contributed by atoms with van der Waals surface area (Å²) in [5, 5.41) is 2.60. The van der Waals surface area contributed by atoms with Gasteiger partial charge in [-0.05, 0) is 63.6 Å². The van der Waals surface area contributed by atoms with Gasteiger partial charge in [-0.3, -0.25) is 10.1 Å². The van der Waals surface area contributed by atoms with E-state index in [1.54, 1.807) is 58.0 Å². The van der Waals surface area contributed by atoms with Crippen LogP contribution in [0.4, 0.5) is 28.0 Å². The molecule has 10 nitrogen and oxygen atoms in total. The Morgan fingerprint density at radius 1 is 1.02 bits per heavy atom. The summed E-state index contributed by atoms with van der Waals surface area (Å²) in [4.78, 5) is 37.0. The van der Waals surface area contributed by atoms with Crippen molar-refractivity contribution >= 4 is 29.1 Å². The highest BCUT2D eigenvalue weighted by molar-refractivity contribution is 6.05. The van der Waals surface area contributed by atoms with Crippen LogP contribution in [0.2, 0.25) is 0 Å². The van der Waals surface area contributed by atoms with E-state index in [1.165, 1.54) is 28.8 Å². The van der Waals surface area contributed by atoms with Gasteiger partial charge in [0.2, 0.25) is 11.8 Å². The van der Waals surface area contributed by atoms with E-state index in [0.717, 1.165) is 12.4 Å². The number of carbonyl (C=O) groups is 2. The third kappa shape index (κ3) is 7.22. The number of alkyl halides is 3. The van der Waals surface area contributed by atoms with Gasteiger partial charge < -0.3 is 18.8 Å². The molecular weight excluding hydrogens is 610 g/mol. The van der Waals surface area contributed by atoms with Crippen LogP contribution in [0.15, 0.2) is 67.0 Å². The molecule has 1 N–H and O–H groups in total. The van der Waals surface area contributed by atoms with E-state index in [1.807, 2.05) is 0 Å². The van der Waals surface area contributed by atoms with E-state index in [2.05, 4.69) is 20.3 Å². The average Bonchev–Trinajstić information content (AvgIpc) is 3.31. The fourth-order valence-corrected chi connectivity index (χ4v) is 4.55. The molecule has 3 aromatic heterocycles. The Morgan fingerprint density at radius 3 is 2.39 bits per heavy atom. The standard InChI is InChI=1S/C32H27F4N5O5/c1-18-6-5-7-25(39-18)45-24-13-12-21(14-23(24)33)41-27(19-8-10-20(11-9-19)40-30(43)46-31(2,3)4)22(15-42)26-28(41)29(38-17-37-26)44-16-32(34,35)36/h5-15,17H,16H2,1-4H3,(H,40,43). The lowest BCUT2D eigenvalue weighted by molar-refractivity contribution is -0.153.